The van der Waals surface area contributed by atoms with Crippen molar-refractivity contribution in [3.63, 3.8) is 0 Å². The minimum atomic E-state index is -5.62. The Morgan fingerprint density at radius 2 is 1.52 bits per heavy atom. The standard InChI is InChI=1S/C30H37F5O4S/c1-28(21-11-13-22(36)14-12-21)19-40-26-18-23(37)15-16-24(26)25(28)10-6-4-2-3-5-8-20(27(38)39)9-7-17-29(31,32)30(33,34)35/h11-16,18,20,25,36-37H,2-10,17,19H2,1H3,(H,38,39). The number of aliphatic carboxylic acids is 1. The van der Waals surface area contributed by atoms with Crippen molar-refractivity contribution in [3.05, 3.63) is 53.6 Å². The number of carbonyl (C=O) groups is 1. The Hall–Kier alpha value is -2.49. The molecule has 4 nitrogen and oxygen atoms in total. The Kier molecular flexibility index (Phi) is 10.8. The minimum Gasteiger partial charge on any atom is -0.508 e. The van der Waals surface area contributed by atoms with Gasteiger partial charge in [0.1, 0.15) is 11.5 Å². The molecule has 0 spiro atoms. The molecule has 222 valence electrons. The number of carboxylic acid groups (broad SMARTS) is 1. The minimum absolute atomic E-state index is 0.181. The summed E-state index contributed by atoms with van der Waals surface area (Å²) in [6.45, 7) is 2.23. The fourth-order valence-electron chi connectivity index (χ4n) is 5.58. The van der Waals surface area contributed by atoms with Crippen molar-refractivity contribution in [2.75, 3.05) is 5.75 Å². The molecule has 3 rings (SSSR count). The van der Waals surface area contributed by atoms with Crippen LogP contribution in [0.4, 0.5) is 22.0 Å². The van der Waals surface area contributed by atoms with E-state index in [1.165, 1.54) is 5.56 Å². The first-order chi connectivity index (χ1) is 18.7. The molecule has 3 N–H and O–H groups in total. The van der Waals surface area contributed by atoms with Crippen LogP contribution in [-0.2, 0) is 10.2 Å². The molecule has 3 atom stereocenters. The smallest absolute Gasteiger partial charge is 0.453 e. The summed E-state index contributed by atoms with van der Waals surface area (Å²) in [5, 5.41) is 29.1. The van der Waals surface area contributed by atoms with Crippen LogP contribution in [0.25, 0.3) is 0 Å². The molecule has 0 aromatic heterocycles. The van der Waals surface area contributed by atoms with Crippen LogP contribution < -0.4 is 0 Å². The van der Waals surface area contributed by atoms with Gasteiger partial charge in [-0.1, -0.05) is 57.2 Å². The molecule has 1 aliphatic heterocycles. The van der Waals surface area contributed by atoms with Crippen molar-refractivity contribution >= 4 is 17.7 Å². The summed E-state index contributed by atoms with van der Waals surface area (Å²) < 4.78 is 63.2. The van der Waals surface area contributed by atoms with Gasteiger partial charge in [0.05, 0.1) is 5.92 Å². The predicted octanol–water partition coefficient (Wildman–Crippen LogP) is 9.04. The summed E-state index contributed by atoms with van der Waals surface area (Å²) in [5.74, 6) is -5.43. The first kappa shape index (κ1) is 32.0. The highest BCUT2D eigenvalue weighted by Gasteiger charge is 2.56. The Balaban J connectivity index is 1.50. The summed E-state index contributed by atoms with van der Waals surface area (Å²) in [4.78, 5) is 12.5. The number of hydrogen-bond acceptors (Lipinski definition) is 4. The number of hydrogen-bond donors (Lipinski definition) is 3. The fraction of sp³-hybridized carbons (Fsp3) is 0.567. The summed E-state index contributed by atoms with van der Waals surface area (Å²) in [6, 6.07) is 12.8. The van der Waals surface area contributed by atoms with E-state index < -0.39 is 36.8 Å². The fourth-order valence-corrected chi connectivity index (χ4v) is 6.99. The normalized spacial score (nSPS) is 20.2. The summed E-state index contributed by atoms with van der Waals surface area (Å²) in [5.41, 5.74) is 2.14. The van der Waals surface area contributed by atoms with E-state index in [0.717, 1.165) is 48.3 Å². The van der Waals surface area contributed by atoms with Crippen LogP contribution in [-0.4, -0.2) is 39.1 Å². The van der Waals surface area contributed by atoms with E-state index in [4.69, 9.17) is 0 Å². The van der Waals surface area contributed by atoms with E-state index in [1.54, 1.807) is 36.0 Å². The van der Waals surface area contributed by atoms with Crippen molar-refractivity contribution in [2.24, 2.45) is 5.92 Å². The number of phenolic OH excluding ortho intramolecular Hbond substituents is 2. The molecule has 2 aromatic carbocycles. The molecule has 1 heterocycles. The Morgan fingerprint density at radius 1 is 0.925 bits per heavy atom. The van der Waals surface area contributed by atoms with E-state index in [-0.39, 0.29) is 35.7 Å². The van der Waals surface area contributed by atoms with Crippen molar-refractivity contribution in [1.29, 1.82) is 0 Å². The van der Waals surface area contributed by atoms with Crippen molar-refractivity contribution < 1.29 is 42.1 Å². The number of alkyl halides is 5. The first-order valence-corrected chi connectivity index (χ1v) is 14.7. The van der Waals surface area contributed by atoms with Crippen molar-refractivity contribution in [3.8, 4) is 11.5 Å². The van der Waals surface area contributed by atoms with Gasteiger partial charge in [-0.05, 0) is 67.0 Å². The van der Waals surface area contributed by atoms with E-state index >= 15 is 0 Å². The lowest BCUT2D eigenvalue weighted by Gasteiger charge is -2.43. The molecule has 0 aliphatic carbocycles. The molecule has 0 bridgehead atoms. The number of benzene rings is 2. The van der Waals surface area contributed by atoms with Gasteiger partial charge in [0.25, 0.3) is 0 Å². The molecule has 0 saturated carbocycles. The SMILES string of the molecule is CC1(c2ccc(O)cc2)CSc2cc(O)ccc2C1CCCCCCCC(CCCC(F)(F)C(F)(F)F)C(=O)O. The van der Waals surface area contributed by atoms with Crippen molar-refractivity contribution in [2.45, 2.75) is 99.5 Å². The highest BCUT2D eigenvalue weighted by Crippen LogP contribution is 2.52. The maximum absolute atomic E-state index is 13.1. The third-order valence-corrected chi connectivity index (χ3v) is 9.46. The quantitative estimate of drug-likeness (QED) is 0.152. The monoisotopic (exact) mass is 588 g/mol. The largest absolute Gasteiger partial charge is 0.508 e. The van der Waals surface area contributed by atoms with Crippen LogP contribution in [0.2, 0.25) is 0 Å². The average molecular weight is 589 g/mol. The molecule has 0 fully saturated rings. The third kappa shape index (κ3) is 8.04. The topological polar surface area (TPSA) is 77.8 Å². The van der Waals surface area contributed by atoms with Gasteiger partial charge in [-0.25, -0.2) is 0 Å². The van der Waals surface area contributed by atoms with Gasteiger partial charge in [-0.3, -0.25) is 4.79 Å². The van der Waals surface area contributed by atoms with Gasteiger partial charge in [0.15, 0.2) is 0 Å². The zero-order valence-electron chi connectivity index (χ0n) is 22.5. The number of carboxylic acids is 1. The summed E-state index contributed by atoms with van der Waals surface area (Å²) >= 11 is 1.71. The molecule has 1 aliphatic rings. The van der Waals surface area contributed by atoms with Crippen LogP contribution in [0.5, 0.6) is 11.5 Å². The lowest BCUT2D eigenvalue weighted by atomic mass is 9.68. The Bertz CT molecular complexity index is 1120. The maximum Gasteiger partial charge on any atom is 0.453 e. The number of fused-ring (bicyclic) bond motifs is 1. The zero-order valence-corrected chi connectivity index (χ0v) is 23.3. The molecular weight excluding hydrogens is 551 g/mol. The highest BCUT2D eigenvalue weighted by atomic mass is 32.2. The van der Waals surface area contributed by atoms with Crippen molar-refractivity contribution in [1.82, 2.24) is 0 Å². The second kappa shape index (κ2) is 13.4. The van der Waals surface area contributed by atoms with Gasteiger partial charge in [-0.2, -0.15) is 22.0 Å². The average Bonchev–Trinajstić information content (AvgIpc) is 2.87. The third-order valence-electron chi connectivity index (χ3n) is 8.05. The highest BCUT2D eigenvalue weighted by molar-refractivity contribution is 7.99. The summed E-state index contributed by atoms with van der Waals surface area (Å²) in [6.07, 6.45) is -2.53. The van der Waals surface area contributed by atoms with Crippen LogP contribution >= 0.6 is 11.8 Å². The van der Waals surface area contributed by atoms with Crippen LogP contribution in [0.15, 0.2) is 47.4 Å². The van der Waals surface area contributed by atoms with Crippen LogP contribution in [0.1, 0.15) is 88.2 Å². The van der Waals surface area contributed by atoms with Gasteiger partial charge in [-0.15, -0.1) is 11.8 Å². The Labute approximate surface area is 236 Å². The molecule has 0 saturated heterocycles. The van der Waals surface area contributed by atoms with Gasteiger partial charge < -0.3 is 15.3 Å². The Morgan fingerprint density at radius 3 is 2.17 bits per heavy atom. The van der Waals surface area contributed by atoms with E-state index in [9.17, 15) is 42.1 Å². The lowest BCUT2D eigenvalue weighted by molar-refractivity contribution is -0.284. The second-order valence-corrected chi connectivity index (χ2v) is 12.0. The van der Waals surface area contributed by atoms with E-state index in [2.05, 4.69) is 6.92 Å². The molecule has 40 heavy (non-hydrogen) atoms. The molecule has 0 radical (unpaired) electrons. The molecule has 2 aromatic rings. The number of rotatable bonds is 14. The van der Waals surface area contributed by atoms with Crippen LogP contribution in [0, 0.1) is 5.92 Å². The number of aromatic hydroxyl groups is 2. The van der Waals surface area contributed by atoms with Gasteiger partial charge >= 0.3 is 18.1 Å². The zero-order chi connectivity index (χ0) is 29.6. The number of halogens is 5. The first-order valence-electron chi connectivity index (χ1n) is 13.7. The molecule has 3 unspecified atom stereocenters. The molecular formula is C30H37F5O4S. The number of phenols is 2. The van der Waals surface area contributed by atoms with E-state index in [1.807, 2.05) is 18.2 Å². The molecule has 0 amide bonds. The maximum atomic E-state index is 13.1. The predicted molar refractivity (Wildman–Crippen MR) is 145 cm³/mol. The van der Waals surface area contributed by atoms with Crippen LogP contribution in [0.3, 0.4) is 0 Å². The number of unbranched alkanes of at least 4 members (excludes halogenated alkanes) is 4. The van der Waals surface area contributed by atoms with Gasteiger partial charge in [0.2, 0.25) is 0 Å². The second-order valence-electron chi connectivity index (χ2n) is 11.0. The van der Waals surface area contributed by atoms with E-state index in [0.29, 0.717) is 6.42 Å². The van der Waals surface area contributed by atoms with Gasteiger partial charge in [0, 0.05) is 22.5 Å². The summed E-state index contributed by atoms with van der Waals surface area (Å²) in [7, 11) is 0. The molecule has 10 heteroatoms. The lowest BCUT2D eigenvalue weighted by Crippen LogP contribution is -2.36. The number of thioether (sulfide) groups is 1.